The molecule has 0 radical (unpaired) electrons. The second kappa shape index (κ2) is 6.92. The van der Waals surface area contributed by atoms with E-state index in [1.165, 1.54) is 37.9 Å². The minimum absolute atomic E-state index is 0.339. The Labute approximate surface area is 116 Å². The van der Waals surface area contributed by atoms with Gasteiger partial charge in [0.25, 0.3) is 0 Å². The molecular formula is C16H26N2O. The number of phenolic OH excluding ortho intramolecular Hbond substituents is 1. The number of hydrogen-bond acceptors (Lipinski definition) is 3. The van der Waals surface area contributed by atoms with Crippen molar-refractivity contribution in [2.75, 3.05) is 13.1 Å². The third-order valence-corrected chi connectivity index (χ3v) is 4.02. The minimum Gasteiger partial charge on any atom is -0.508 e. The quantitative estimate of drug-likeness (QED) is 0.876. The van der Waals surface area contributed by atoms with Gasteiger partial charge in [-0.25, -0.2) is 0 Å². The molecule has 1 aliphatic heterocycles. The van der Waals surface area contributed by atoms with Gasteiger partial charge in [0.05, 0.1) is 0 Å². The van der Waals surface area contributed by atoms with Gasteiger partial charge < -0.3 is 15.3 Å². The van der Waals surface area contributed by atoms with Gasteiger partial charge in [-0.2, -0.15) is 0 Å². The average Bonchev–Trinajstić information content (AvgIpc) is 2.63. The minimum atomic E-state index is 0.339. The third-order valence-electron chi connectivity index (χ3n) is 4.02. The molecule has 0 bridgehead atoms. The molecule has 1 atom stereocenters. The summed E-state index contributed by atoms with van der Waals surface area (Å²) in [6, 6.07) is 8.77. The van der Waals surface area contributed by atoms with E-state index in [9.17, 15) is 5.11 Å². The van der Waals surface area contributed by atoms with Crippen LogP contribution in [0.3, 0.4) is 0 Å². The van der Waals surface area contributed by atoms with E-state index in [4.69, 9.17) is 0 Å². The number of phenols is 1. The fourth-order valence-electron chi connectivity index (χ4n) is 2.72. The van der Waals surface area contributed by atoms with Crippen LogP contribution in [0.15, 0.2) is 24.3 Å². The van der Waals surface area contributed by atoms with Crippen LogP contribution in [-0.4, -0.2) is 35.2 Å². The fourth-order valence-corrected chi connectivity index (χ4v) is 2.72. The largest absolute Gasteiger partial charge is 0.508 e. The van der Waals surface area contributed by atoms with Crippen LogP contribution in [0, 0.1) is 0 Å². The van der Waals surface area contributed by atoms with E-state index in [1.54, 1.807) is 12.1 Å². The number of benzene rings is 1. The average molecular weight is 262 g/mol. The van der Waals surface area contributed by atoms with Crippen LogP contribution >= 0.6 is 0 Å². The molecule has 1 aliphatic rings. The number of aromatic hydroxyl groups is 1. The molecule has 3 nitrogen and oxygen atoms in total. The van der Waals surface area contributed by atoms with Crippen molar-refractivity contribution >= 4 is 0 Å². The first-order chi connectivity index (χ1) is 9.15. The van der Waals surface area contributed by atoms with Crippen molar-refractivity contribution in [2.24, 2.45) is 0 Å². The van der Waals surface area contributed by atoms with Crippen molar-refractivity contribution in [2.45, 2.75) is 51.7 Å². The first-order valence-corrected chi connectivity index (χ1v) is 7.40. The molecule has 0 aromatic heterocycles. The second-order valence-electron chi connectivity index (χ2n) is 5.80. The maximum absolute atomic E-state index is 9.27. The predicted molar refractivity (Wildman–Crippen MR) is 79.3 cm³/mol. The van der Waals surface area contributed by atoms with Crippen molar-refractivity contribution in [3.63, 3.8) is 0 Å². The molecule has 0 saturated carbocycles. The zero-order valence-corrected chi connectivity index (χ0v) is 12.1. The lowest BCUT2D eigenvalue weighted by atomic mass is 10.1. The zero-order chi connectivity index (χ0) is 13.7. The molecule has 106 valence electrons. The van der Waals surface area contributed by atoms with Crippen LogP contribution in [0.4, 0.5) is 0 Å². The van der Waals surface area contributed by atoms with Crippen LogP contribution < -0.4 is 5.32 Å². The Hall–Kier alpha value is -1.06. The van der Waals surface area contributed by atoms with Crippen molar-refractivity contribution in [1.29, 1.82) is 0 Å². The van der Waals surface area contributed by atoms with Gasteiger partial charge in [0.1, 0.15) is 5.75 Å². The Balaban J connectivity index is 1.78. The summed E-state index contributed by atoms with van der Waals surface area (Å²) in [6.07, 6.45) is 3.78. The molecule has 3 heteroatoms. The van der Waals surface area contributed by atoms with Crippen molar-refractivity contribution in [3.05, 3.63) is 29.8 Å². The molecule has 2 N–H and O–H groups in total. The lowest BCUT2D eigenvalue weighted by Crippen LogP contribution is -2.33. The highest BCUT2D eigenvalue weighted by Crippen LogP contribution is 2.15. The molecule has 1 aromatic carbocycles. The lowest BCUT2D eigenvalue weighted by molar-refractivity contribution is 0.229. The molecular weight excluding hydrogens is 236 g/mol. The first-order valence-electron chi connectivity index (χ1n) is 7.40. The molecule has 1 unspecified atom stereocenters. The normalized spacial score (nSPS) is 21.5. The van der Waals surface area contributed by atoms with Crippen LogP contribution in [-0.2, 0) is 6.54 Å². The molecule has 2 rings (SSSR count). The Kier molecular flexibility index (Phi) is 5.23. The molecule has 0 amide bonds. The summed E-state index contributed by atoms with van der Waals surface area (Å²) in [5.74, 6) is 0.339. The molecule has 19 heavy (non-hydrogen) atoms. The summed E-state index contributed by atoms with van der Waals surface area (Å²) in [7, 11) is 0. The van der Waals surface area contributed by atoms with E-state index < -0.39 is 0 Å². The van der Waals surface area contributed by atoms with Crippen LogP contribution in [0.5, 0.6) is 5.75 Å². The van der Waals surface area contributed by atoms with E-state index in [1.807, 2.05) is 12.1 Å². The summed E-state index contributed by atoms with van der Waals surface area (Å²) in [4.78, 5) is 2.57. The van der Waals surface area contributed by atoms with Gasteiger partial charge in [0.15, 0.2) is 0 Å². The number of likely N-dealkylation sites (tertiary alicyclic amines) is 1. The van der Waals surface area contributed by atoms with Crippen LogP contribution in [0.1, 0.15) is 38.7 Å². The first kappa shape index (κ1) is 14.4. The Bertz CT molecular complexity index is 375. The summed E-state index contributed by atoms with van der Waals surface area (Å²) in [6.45, 7) is 7.89. The summed E-state index contributed by atoms with van der Waals surface area (Å²) in [5.41, 5.74) is 1.24. The third kappa shape index (κ3) is 4.51. The van der Waals surface area contributed by atoms with Gasteiger partial charge in [-0.3, -0.25) is 0 Å². The highest BCUT2D eigenvalue weighted by Gasteiger charge is 2.17. The molecule has 0 aliphatic carbocycles. The SMILES string of the molecule is CC(C)N1CCCC(NCc2ccc(O)cc2)CC1. The van der Waals surface area contributed by atoms with Gasteiger partial charge in [-0.15, -0.1) is 0 Å². The van der Waals surface area contributed by atoms with E-state index in [0.29, 0.717) is 17.8 Å². The molecule has 1 heterocycles. The summed E-state index contributed by atoms with van der Waals surface area (Å²) < 4.78 is 0. The Morgan fingerprint density at radius 1 is 1.21 bits per heavy atom. The van der Waals surface area contributed by atoms with Gasteiger partial charge in [0, 0.05) is 18.6 Å². The number of rotatable bonds is 4. The Morgan fingerprint density at radius 3 is 2.63 bits per heavy atom. The molecule has 1 aromatic rings. The maximum Gasteiger partial charge on any atom is 0.115 e. The Morgan fingerprint density at radius 2 is 1.95 bits per heavy atom. The number of nitrogens with zero attached hydrogens (tertiary/aromatic N) is 1. The molecule has 0 spiro atoms. The monoisotopic (exact) mass is 262 g/mol. The zero-order valence-electron chi connectivity index (χ0n) is 12.1. The predicted octanol–water partition coefficient (Wildman–Crippen LogP) is 2.74. The maximum atomic E-state index is 9.27. The highest BCUT2D eigenvalue weighted by molar-refractivity contribution is 5.25. The summed E-state index contributed by atoms with van der Waals surface area (Å²) in [5, 5.41) is 12.9. The van der Waals surface area contributed by atoms with E-state index in [2.05, 4.69) is 24.1 Å². The van der Waals surface area contributed by atoms with Crippen LogP contribution in [0.2, 0.25) is 0 Å². The van der Waals surface area contributed by atoms with Crippen molar-refractivity contribution in [3.8, 4) is 5.75 Å². The van der Waals surface area contributed by atoms with Crippen molar-refractivity contribution < 1.29 is 5.11 Å². The van der Waals surface area contributed by atoms with E-state index in [0.717, 1.165) is 6.54 Å². The van der Waals surface area contributed by atoms with Gasteiger partial charge >= 0.3 is 0 Å². The van der Waals surface area contributed by atoms with Gasteiger partial charge in [-0.05, 0) is 63.9 Å². The van der Waals surface area contributed by atoms with Crippen molar-refractivity contribution in [1.82, 2.24) is 10.2 Å². The topological polar surface area (TPSA) is 35.5 Å². The number of nitrogens with one attached hydrogen (secondary N) is 1. The van der Waals surface area contributed by atoms with Gasteiger partial charge in [-0.1, -0.05) is 12.1 Å². The van der Waals surface area contributed by atoms with E-state index in [-0.39, 0.29) is 0 Å². The van der Waals surface area contributed by atoms with Crippen LogP contribution in [0.25, 0.3) is 0 Å². The summed E-state index contributed by atoms with van der Waals surface area (Å²) >= 11 is 0. The fraction of sp³-hybridized carbons (Fsp3) is 0.625. The molecule has 1 fully saturated rings. The highest BCUT2D eigenvalue weighted by atomic mass is 16.3. The second-order valence-corrected chi connectivity index (χ2v) is 5.80. The smallest absolute Gasteiger partial charge is 0.115 e. The van der Waals surface area contributed by atoms with Gasteiger partial charge in [0.2, 0.25) is 0 Å². The number of hydrogen-bond donors (Lipinski definition) is 2. The lowest BCUT2D eigenvalue weighted by Gasteiger charge is -2.24. The molecule has 1 saturated heterocycles. The van der Waals surface area contributed by atoms with E-state index >= 15 is 0 Å². The standard InChI is InChI=1S/C16H26N2O/c1-13(2)18-10-3-4-15(9-11-18)17-12-14-5-7-16(19)8-6-14/h5-8,13,15,17,19H,3-4,9-12H2,1-2H3.